The maximum atomic E-state index is 11.9. The van der Waals surface area contributed by atoms with E-state index < -0.39 is 12.0 Å². The van der Waals surface area contributed by atoms with Crippen LogP contribution in [0.15, 0.2) is 30.3 Å². The van der Waals surface area contributed by atoms with Crippen molar-refractivity contribution in [2.45, 2.75) is 44.2 Å². The van der Waals surface area contributed by atoms with Crippen molar-refractivity contribution < 1.29 is 19.4 Å². The topological polar surface area (TPSA) is 75.6 Å². The second kappa shape index (κ2) is 7.78. The predicted octanol–water partition coefficient (Wildman–Crippen LogP) is 1.76. The molecule has 1 unspecified atom stereocenters. The monoisotopic (exact) mass is 291 g/mol. The second-order valence-corrected chi connectivity index (χ2v) is 5.32. The number of carboxylic acids is 1. The van der Waals surface area contributed by atoms with Crippen LogP contribution in [0.1, 0.15) is 31.2 Å². The number of carboxylic acid groups (broad SMARTS) is 1. The Morgan fingerprint density at radius 2 is 2.10 bits per heavy atom. The Kier molecular flexibility index (Phi) is 5.75. The lowest BCUT2D eigenvalue weighted by Gasteiger charge is -2.15. The van der Waals surface area contributed by atoms with Crippen molar-refractivity contribution in [1.29, 1.82) is 0 Å². The summed E-state index contributed by atoms with van der Waals surface area (Å²) in [4.78, 5) is 23.1. The molecular formula is C16H21NO4. The Morgan fingerprint density at radius 1 is 1.33 bits per heavy atom. The number of aliphatic carboxylic acids is 1. The molecule has 0 spiro atoms. The van der Waals surface area contributed by atoms with Crippen LogP contribution in [0.5, 0.6) is 0 Å². The number of amides is 1. The minimum absolute atomic E-state index is 0.146. The fraction of sp³-hybridized carbons (Fsp3) is 0.500. The summed E-state index contributed by atoms with van der Waals surface area (Å²) in [6.45, 7) is 0.762. The van der Waals surface area contributed by atoms with Gasteiger partial charge in [-0.2, -0.15) is 0 Å². The van der Waals surface area contributed by atoms with Gasteiger partial charge in [0.1, 0.15) is 6.04 Å². The summed E-state index contributed by atoms with van der Waals surface area (Å²) >= 11 is 0. The van der Waals surface area contributed by atoms with Crippen molar-refractivity contribution in [3.8, 4) is 0 Å². The summed E-state index contributed by atoms with van der Waals surface area (Å²) in [6, 6.07) is 8.41. The quantitative estimate of drug-likeness (QED) is 0.802. The third-order valence-corrected chi connectivity index (χ3v) is 3.63. The molecule has 1 aromatic carbocycles. The van der Waals surface area contributed by atoms with Crippen molar-refractivity contribution in [2.75, 3.05) is 6.61 Å². The Balaban J connectivity index is 1.81. The van der Waals surface area contributed by atoms with E-state index in [1.165, 1.54) is 0 Å². The standard InChI is InChI=1S/C16H21NO4/c18-15(9-8-13-7-4-10-21-13)17-14(16(19)20)11-12-5-2-1-3-6-12/h1-3,5-6,13-14H,4,7-11H2,(H,17,18)(H,19,20)/t13?,14-/m1/s1. The maximum Gasteiger partial charge on any atom is 0.326 e. The average Bonchev–Trinajstić information content (AvgIpc) is 2.99. The molecule has 0 bridgehead atoms. The van der Waals surface area contributed by atoms with E-state index in [0.29, 0.717) is 19.3 Å². The molecule has 0 saturated carbocycles. The lowest BCUT2D eigenvalue weighted by atomic mass is 10.1. The molecule has 0 aliphatic carbocycles. The largest absolute Gasteiger partial charge is 0.480 e. The van der Waals surface area contributed by atoms with Gasteiger partial charge in [-0.15, -0.1) is 0 Å². The third kappa shape index (κ3) is 5.19. The summed E-state index contributed by atoms with van der Waals surface area (Å²) < 4.78 is 5.46. The molecule has 1 fully saturated rings. The van der Waals surface area contributed by atoms with Gasteiger partial charge in [-0.1, -0.05) is 30.3 Å². The van der Waals surface area contributed by atoms with Crippen LogP contribution in [0.4, 0.5) is 0 Å². The molecule has 1 saturated heterocycles. The number of benzene rings is 1. The third-order valence-electron chi connectivity index (χ3n) is 3.63. The van der Waals surface area contributed by atoms with Crippen LogP contribution < -0.4 is 5.32 Å². The molecule has 0 radical (unpaired) electrons. The van der Waals surface area contributed by atoms with Crippen molar-refractivity contribution >= 4 is 11.9 Å². The van der Waals surface area contributed by atoms with Gasteiger partial charge >= 0.3 is 5.97 Å². The Hall–Kier alpha value is -1.88. The molecule has 2 rings (SSSR count). The molecular weight excluding hydrogens is 270 g/mol. The van der Waals surface area contributed by atoms with Crippen molar-refractivity contribution in [3.05, 3.63) is 35.9 Å². The minimum atomic E-state index is -1.01. The van der Waals surface area contributed by atoms with Crippen LogP contribution in [-0.2, 0) is 20.7 Å². The summed E-state index contributed by atoms with van der Waals surface area (Å²) in [6.07, 6.45) is 3.43. The highest BCUT2D eigenvalue weighted by molar-refractivity contribution is 5.83. The summed E-state index contributed by atoms with van der Waals surface area (Å²) in [7, 11) is 0. The van der Waals surface area contributed by atoms with Crippen LogP contribution in [-0.4, -0.2) is 35.7 Å². The Bertz CT molecular complexity index is 468. The molecule has 1 heterocycles. The van der Waals surface area contributed by atoms with Gasteiger partial charge in [-0.3, -0.25) is 4.79 Å². The zero-order valence-corrected chi connectivity index (χ0v) is 12.0. The molecule has 2 N–H and O–H groups in total. The molecule has 0 aromatic heterocycles. The van der Waals surface area contributed by atoms with Gasteiger partial charge in [0.25, 0.3) is 0 Å². The zero-order valence-electron chi connectivity index (χ0n) is 12.0. The minimum Gasteiger partial charge on any atom is -0.480 e. The molecule has 1 aromatic rings. The highest BCUT2D eigenvalue weighted by Crippen LogP contribution is 2.16. The lowest BCUT2D eigenvalue weighted by Crippen LogP contribution is -2.42. The first-order valence-corrected chi connectivity index (χ1v) is 7.33. The van der Waals surface area contributed by atoms with Gasteiger partial charge in [-0.25, -0.2) is 4.79 Å². The Labute approximate surface area is 124 Å². The van der Waals surface area contributed by atoms with Gasteiger partial charge in [0.15, 0.2) is 0 Å². The van der Waals surface area contributed by atoms with Crippen LogP contribution in [0.3, 0.4) is 0 Å². The predicted molar refractivity (Wildman–Crippen MR) is 77.9 cm³/mol. The lowest BCUT2D eigenvalue weighted by molar-refractivity contribution is -0.141. The van der Waals surface area contributed by atoms with Crippen LogP contribution in [0, 0.1) is 0 Å². The van der Waals surface area contributed by atoms with E-state index in [1.807, 2.05) is 30.3 Å². The van der Waals surface area contributed by atoms with E-state index in [0.717, 1.165) is 25.0 Å². The SMILES string of the molecule is O=C(CCC1CCCO1)N[C@H](Cc1ccccc1)C(=O)O. The van der Waals surface area contributed by atoms with Crippen molar-refractivity contribution in [3.63, 3.8) is 0 Å². The average molecular weight is 291 g/mol. The van der Waals surface area contributed by atoms with Gasteiger partial charge in [0.2, 0.25) is 5.91 Å². The van der Waals surface area contributed by atoms with Gasteiger partial charge < -0.3 is 15.2 Å². The molecule has 1 aliphatic heterocycles. The normalized spacial score (nSPS) is 19.1. The van der Waals surface area contributed by atoms with E-state index in [9.17, 15) is 14.7 Å². The second-order valence-electron chi connectivity index (χ2n) is 5.32. The fourth-order valence-corrected chi connectivity index (χ4v) is 2.48. The van der Waals surface area contributed by atoms with Crippen molar-refractivity contribution in [1.82, 2.24) is 5.32 Å². The van der Waals surface area contributed by atoms with Crippen LogP contribution in [0.2, 0.25) is 0 Å². The zero-order chi connectivity index (χ0) is 15.1. The number of hydrogen-bond acceptors (Lipinski definition) is 3. The highest BCUT2D eigenvalue weighted by atomic mass is 16.5. The number of nitrogens with one attached hydrogen (secondary N) is 1. The number of hydrogen-bond donors (Lipinski definition) is 2. The number of carbonyl (C=O) groups excluding carboxylic acids is 1. The molecule has 2 atom stereocenters. The van der Waals surface area contributed by atoms with E-state index in [2.05, 4.69) is 5.32 Å². The number of ether oxygens (including phenoxy) is 1. The molecule has 1 amide bonds. The smallest absolute Gasteiger partial charge is 0.326 e. The van der Waals surface area contributed by atoms with Crippen LogP contribution >= 0.6 is 0 Å². The van der Waals surface area contributed by atoms with Gasteiger partial charge in [0, 0.05) is 19.4 Å². The molecule has 1 aliphatic rings. The molecule has 21 heavy (non-hydrogen) atoms. The van der Waals surface area contributed by atoms with E-state index in [4.69, 9.17) is 4.74 Å². The summed E-state index contributed by atoms with van der Waals surface area (Å²) in [5.74, 6) is -1.24. The van der Waals surface area contributed by atoms with Crippen molar-refractivity contribution in [2.24, 2.45) is 0 Å². The summed E-state index contributed by atoms with van der Waals surface area (Å²) in [5, 5.41) is 11.8. The Morgan fingerprint density at radius 3 is 2.71 bits per heavy atom. The summed E-state index contributed by atoms with van der Waals surface area (Å²) in [5.41, 5.74) is 0.893. The first-order valence-electron chi connectivity index (χ1n) is 7.33. The van der Waals surface area contributed by atoms with Gasteiger partial charge in [-0.05, 0) is 24.8 Å². The van der Waals surface area contributed by atoms with Gasteiger partial charge in [0.05, 0.1) is 6.10 Å². The van der Waals surface area contributed by atoms with E-state index in [-0.39, 0.29) is 12.0 Å². The molecule has 5 nitrogen and oxygen atoms in total. The first kappa shape index (κ1) is 15.5. The molecule has 114 valence electrons. The highest BCUT2D eigenvalue weighted by Gasteiger charge is 2.22. The van der Waals surface area contributed by atoms with E-state index in [1.54, 1.807) is 0 Å². The maximum absolute atomic E-state index is 11.9. The van der Waals surface area contributed by atoms with Crippen LogP contribution in [0.25, 0.3) is 0 Å². The van der Waals surface area contributed by atoms with E-state index >= 15 is 0 Å². The number of carbonyl (C=O) groups is 2. The fourth-order valence-electron chi connectivity index (χ4n) is 2.48. The number of rotatable bonds is 7. The molecule has 5 heteroatoms. The first-order chi connectivity index (χ1) is 10.1.